The van der Waals surface area contributed by atoms with Crippen LogP contribution in [-0.2, 0) is 15.5 Å². The molecule has 1 fully saturated rings. The third-order valence-corrected chi connectivity index (χ3v) is 5.11. The number of hydrogen-bond donors (Lipinski definition) is 0. The van der Waals surface area contributed by atoms with Crippen molar-refractivity contribution in [2.75, 3.05) is 26.6 Å². The molecule has 0 aliphatic carbocycles. The van der Waals surface area contributed by atoms with Crippen LogP contribution in [0.2, 0.25) is 0 Å². The second-order valence-corrected chi connectivity index (χ2v) is 6.49. The molecule has 1 saturated heterocycles. The highest BCUT2D eigenvalue weighted by molar-refractivity contribution is 7.85. The topological polar surface area (TPSA) is 44.8 Å². The van der Waals surface area contributed by atoms with Gasteiger partial charge in [-0.2, -0.15) is 0 Å². The summed E-state index contributed by atoms with van der Waals surface area (Å²) in [6, 6.07) is 3.69. The molecule has 20 heavy (non-hydrogen) atoms. The Balaban J connectivity index is 2.08. The summed E-state index contributed by atoms with van der Waals surface area (Å²) in [5, 5.41) is 0. The zero-order valence-corrected chi connectivity index (χ0v) is 13.1. The summed E-state index contributed by atoms with van der Waals surface area (Å²) in [6.07, 6.45) is 3.33. The van der Waals surface area contributed by atoms with Crippen LogP contribution >= 0.6 is 0 Å². The zero-order chi connectivity index (χ0) is 14.5. The Labute approximate surface area is 122 Å². The van der Waals surface area contributed by atoms with Gasteiger partial charge in [-0.05, 0) is 37.8 Å². The Kier molecular flexibility index (Phi) is 5.43. The lowest BCUT2D eigenvalue weighted by molar-refractivity contribution is 0.109. The number of methoxy groups -OCH3 is 2. The largest absolute Gasteiger partial charge is 0.493 e. The SMILES string of the molecule is COc1cc(C)c([S@@](=O)CC[C@@H]2CCCO2)cc1OC. The molecule has 0 saturated carbocycles. The molecule has 0 aromatic heterocycles. The molecule has 1 aliphatic rings. The van der Waals surface area contributed by atoms with Gasteiger partial charge < -0.3 is 14.2 Å². The van der Waals surface area contributed by atoms with Crippen molar-refractivity contribution in [3.8, 4) is 11.5 Å². The summed E-state index contributed by atoms with van der Waals surface area (Å²) in [6.45, 7) is 2.79. The van der Waals surface area contributed by atoms with Crippen LogP contribution in [0.4, 0.5) is 0 Å². The van der Waals surface area contributed by atoms with Gasteiger partial charge in [0.05, 0.1) is 31.1 Å². The van der Waals surface area contributed by atoms with Crippen LogP contribution in [-0.4, -0.2) is 36.9 Å². The maximum Gasteiger partial charge on any atom is 0.161 e. The minimum atomic E-state index is -1.03. The molecule has 112 valence electrons. The molecule has 0 bridgehead atoms. The molecule has 1 aromatic carbocycles. The van der Waals surface area contributed by atoms with Gasteiger partial charge in [0.2, 0.25) is 0 Å². The summed E-state index contributed by atoms with van der Waals surface area (Å²) in [7, 11) is 2.16. The van der Waals surface area contributed by atoms with Gasteiger partial charge in [0.25, 0.3) is 0 Å². The third-order valence-electron chi connectivity index (χ3n) is 3.58. The van der Waals surface area contributed by atoms with E-state index < -0.39 is 10.8 Å². The summed E-state index contributed by atoms with van der Waals surface area (Å²) in [4.78, 5) is 0.820. The molecule has 2 rings (SSSR count). The first-order valence-electron chi connectivity index (χ1n) is 6.88. The molecule has 5 heteroatoms. The van der Waals surface area contributed by atoms with Crippen LogP contribution in [0.15, 0.2) is 17.0 Å². The van der Waals surface area contributed by atoms with Crippen molar-refractivity contribution in [3.05, 3.63) is 17.7 Å². The van der Waals surface area contributed by atoms with Gasteiger partial charge in [-0.3, -0.25) is 4.21 Å². The van der Waals surface area contributed by atoms with E-state index in [0.717, 1.165) is 36.3 Å². The molecular formula is C15H22O4S. The smallest absolute Gasteiger partial charge is 0.161 e. The first-order valence-corrected chi connectivity index (χ1v) is 8.20. The Bertz CT molecular complexity index is 481. The van der Waals surface area contributed by atoms with Crippen molar-refractivity contribution >= 4 is 10.8 Å². The fourth-order valence-electron chi connectivity index (χ4n) is 2.43. The Morgan fingerprint density at radius 2 is 2.00 bits per heavy atom. The van der Waals surface area contributed by atoms with Crippen LogP contribution in [0.5, 0.6) is 11.5 Å². The summed E-state index contributed by atoms with van der Waals surface area (Å²) in [5.74, 6) is 1.92. The Morgan fingerprint density at radius 3 is 2.60 bits per heavy atom. The molecule has 1 aromatic rings. The van der Waals surface area contributed by atoms with Gasteiger partial charge in [0.1, 0.15) is 0 Å². The number of aryl methyl sites for hydroxylation is 1. The maximum atomic E-state index is 12.4. The van der Waals surface area contributed by atoms with Crippen molar-refractivity contribution in [2.24, 2.45) is 0 Å². The normalized spacial score (nSPS) is 19.9. The minimum Gasteiger partial charge on any atom is -0.493 e. The van der Waals surface area contributed by atoms with Crippen LogP contribution in [0.3, 0.4) is 0 Å². The second-order valence-electron chi connectivity index (χ2n) is 4.95. The Hall–Kier alpha value is -1.07. The highest BCUT2D eigenvalue weighted by Crippen LogP contribution is 2.32. The molecule has 0 unspecified atom stereocenters. The first-order chi connectivity index (χ1) is 9.65. The molecule has 1 aliphatic heterocycles. The molecule has 2 atom stereocenters. The average Bonchev–Trinajstić information content (AvgIpc) is 2.97. The van der Waals surface area contributed by atoms with Gasteiger partial charge in [0, 0.05) is 23.3 Å². The molecular weight excluding hydrogens is 276 g/mol. The molecule has 0 radical (unpaired) electrons. The predicted molar refractivity (Wildman–Crippen MR) is 79.1 cm³/mol. The average molecular weight is 298 g/mol. The predicted octanol–water partition coefficient (Wildman–Crippen LogP) is 2.69. The zero-order valence-electron chi connectivity index (χ0n) is 12.3. The summed E-state index contributed by atoms with van der Waals surface area (Å²) >= 11 is 0. The van der Waals surface area contributed by atoms with E-state index >= 15 is 0 Å². The lowest BCUT2D eigenvalue weighted by atomic mass is 10.2. The third kappa shape index (κ3) is 3.52. The monoisotopic (exact) mass is 298 g/mol. The van der Waals surface area contributed by atoms with E-state index in [9.17, 15) is 4.21 Å². The highest BCUT2D eigenvalue weighted by Gasteiger charge is 2.18. The van der Waals surface area contributed by atoms with Crippen LogP contribution in [0.25, 0.3) is 0 Å². The fraction of sp³-hybridized carbons (Fsp3) is 0.600. The minimum absolute atomic E-state index is 0.277. The van der Waals surface area contributed by atoms with E-state index in [0.29, 0.717) is 17.3 Å². The lowest BCUT2D eigenvalue weighted by Gasteiger charge is -2.13. The fourth-order valence-corrected chi connectivity index (χ4v) is 3.78. The van der Waals surface area contributed by atoms with E-state index in [4.69, 9.17) is 14.2 Å². The van der Waals surface area contributed by atoms with Crippen molar-refractivity contribution in [1.82, 2.24) is 0 Å². The van der Waals surface area contributed by atoms with E-state index in [2.05, 4.69) is 0 Å². The van der Waals surface area contributed by atoms with Gasteiger partial charge in [-0.15, -0.1) is 0 Å². The highest BCUT2D eigenvalue weighted by atomic mass is 32.2. The standard InChI is InChI=1S/C15H22O4S/c1-11-9-13(17-2)14(18-3)10-15(11)20(16)8-6-12-5-4-7-19-12/h9-10,12H,4-8H2,1-3H3/t12-,20-/m0/s1. The number of hydrogen-bond acceptors (Lipinski definition) is 4. The lowest BCUT2D eigenvalue weighted by Crippen LogP contribution is -2.11. The number of rotatable bonds is 6. The molecule has 0 N–H and O–H groups in total. The van der Waals surface area contributed by atoms with Gasteiger partial charge in [-0.25, -0.2) is 0 Å². The van der Waals surface area contributed by atoms with Gasteiger partial charge in [0.15, 0.2) is 11.5 Å². The molecule has 0 amide bonds. The van der Waals surface area contributed by atoms with Crippen LogP contribution < -0.4 is 9.47 Å². The van der Waals surface area contributed by atoms with Crippen LogP contribution in [0.1, 0.15) is 24.8 Å². The first kappa shape index (κ1) is 15.3. The van der Waals surface area contributed by atoms with Crippen molar-refractivity contribution < 1.29 is 18.4 Å². The summed E-state index contributed by atoms with van der Waals surface area (Å²) in [5.41, 5.74) is 0.966. The van der Waals surface area contributed by atoms with E-state index in [1.807, 2.05) is 19.1 Å². The maximum absolute atomic E-state index is 12.4. The molecule has 0 spiro atoms. The summed E-state index contributed by atoms with van der Waals surface area (Å²) < 4.78 is 28.5. The van der Waals surface area contributed by atoms with Crippen molar-refractivity contribution in [3.63, 3.8) is 0 Å². The number of benzene rings is 1. The molecule has 4 nitrogen and oxygen atoms in total. The van der Waals surface area contributed by atoms with Gasteiger partial charge >= 0.3 is 0 Å². The number of ether oxygens (including phenoxy) is 3. The Morgan fingerprint density at radius 1 is 1.30 bits per heavy atom. The van der Waals surface area contributed by atoms with E-state index in [1.165, 1.54) is 0 Å². The van der Waals surface area contributed by atoms with Crippen LogP contribution in [0, 0.1) is 6.92 Å². The molecule has 1 heterocycles. The van der Waals surface area contributed by atoms with E-state index in [1.54, 1.807) is 14.2 Å². The second kappa shape index (κ2) is 7.09. The van der Waals surface area contributed by atoms with Crippen molar-refractivity contribution in [1.29, 1.82) is 0 Å². The van der Waals surface area contributed by atoms with Crippen molar-refractivity contribution in [2.45, 2.75) is 37.2 Å². The van der Waals surface area contributed by atoms with E-state index in [-0.39, 0.29) is 6.10 Å². The quantitative estimate of drug-likeness (QED) is 0.810. The van der Waals surface area contributed by atoms with Gasteiger partial charge in [-0.1, -0.05) is 0 Å².